The molecule has 0 aliphatic carbocycles. The quantitative estimate of drug-likeness (QED) is 0.726. The van der Waals surface area contributed by atoms with Gasteiger partial charge in [0.15, 0.2) is 5.69 Å². The molecular weight excluding hydrogens is 362 g/mol. The average molecular weight is 386 g/mol. The van der Waals surface area contributed by atoms with Gasteiger partial charge in [-0.2, -0.15) is 5.10 Å². The maximum Gasteiger partial charge on any atom is 0.272 e. The molecule has 0 bridgehead atoms. The fraction of sp³-hybridized carbons (Fsp3) is 0.350. The average Bonchev–Trinajstić information content (AvgIpc) is 3.24. The molecule has 0 saturated heterocycles. The van der Waals surface area contributed by atoms with Crippen LogP contribution in [0.2, 0.25) is 5.02 Å². The summed E-state index contributed by atoms with van der Waals surface area (Å²) in [6.45, 7) is 6.96. The van der Waals surface area contributed by atoms with Crippen molar-refractivity contribution in [1.82, 2.24) is 24.6 Å². The van der Waals surface area contributed by atoms with E-state index in [0.29, 0.717) is 17.3 Å². The molecule has 3 rings (SSSR count). The van der Waals surface area contributed by atoms with Crippen molar-refractivity contribution in [3.05, 3.63) is 59.8 Å². The minimum atomic E-state index is -0.189. The van der Waals surface area contributed by atoms with E-state index in [9.17, 15) is 4.79 Å². The third-order valence-electron chi connectivity index (χ3n) is 4.56. The zero-order chi connectivity index (χ0) is 19.6. The lowest BCUT2D eigenvalue weighted by molar-refractivity contribution is 0.0886. The fourth-order valence-electron chi connectivity index (χ4n) is 2.84. The van der Waals surface area contributed by atoms with Crippen molar-refractivity contribution in [3.8, 4) is 11.3 Å². The SMILES string of the molecule is Cn1nc(C(=O)NC(Cn2ccnc2)C(C)(C)C)cc1-c1ccc(Cl)cc1. The van der Waals surface area contributed by atoms with Crippen LogP contribution in [-0.2, 0) is 13.6 Å². The number of rotatable bonds is 5. The molecule has 142 valence electrons. The molecule has 0 aliphatic rings. The number of aromatic nitrogens is 4. The van der Waals surface area contributed by atoms with Gasteiger partial charge in [-0.15, -0.1) is 0 Å². The van der Waals surface area contributed by atoms with Gasteiger partial charge in [0, 0.05) is 31.0 Å². The van der Waals surface area contributed by atoms with Crippen LogP contribution in [0, 0.1) is 5.41 Å². The van der Waals surface area contributed by atoms with Gasteiger partial charge in [-0.3, -0.25) is 9.48 Å². The summed E-state index contributed by atoms with van der Waals surface area (Å²) in [4.78, 5) is 16.9. The molecule has 0 spiro atoms. The van der Waals surface area contributed by atoms with Crippen LogP contribution in [0.15, 0.2) is 49.1 Å². The Balaban J connectivity index is 1.80. The second-order valence-corrected chi connectivity index (χ2v) is 8.13. The van der Waals surface area contributed by atoms with Crippen LogP contribution in [-0.4, -0.2) is 31.3 Å². The summed E-state index contributed by atoms with van der Waals surface area (Å²) in [5.74, 6) is -0.189. The molecular formula is C20H24ClN5O. The molecule has 0 fully saturated rings. The van der Waals surface area contributed by atoms with Crippen LogP contribution in [0.1, 0.15) is 31.3 Å². The molecule has 2 aromatic heterocycles. The van der Waals surface area contributed by atoms with Crippen molar-refractivity contribution < 1.29 is 4.79 Å². The van der Waals surface area contributed by atoms with Crippen molar-refractivity contribution in [2.24, 2.45) is 12.5 Å². The number of imidazole rings is 1. The van der Waals surface area contributed by atoms with Gasteiger partial charge in [-0.1, -0.05) is 44.5 Å². The number of hydrogen-bond donors (Lipinski definition) is 1. The molecule has 1 atom stereocenters. The highest BCUT2D eigenvalue weighted by Gasteiger charge is 2.28. The van der Waals surface area contributed by atoms with E-state index in [1.807, 2.05) is 42.1 Å². The number of amides is 1. The third kappa shape index (κ3) is 4.57. The van der Waals surface area contributed by atoms with Gasteiger partial charge in [0.25, 0.3) is 5.91 Å². The van der Waals surface area contributed by atoms with Crippen LogP contribution in [0.4, 0.5) is 0 Å². The Morgan fingerprint density at radius 2 is 1.96 bits per heavy atom. The largest absolute Gasteiger partial charge is 0.346 e. The van der Waals surface area contributed by atoms with Crippen LogP contribution < -0.4 is 5.32 Å². The number of aryl methyl sites for hydroxylation is 1. The van der Waals surface area contributed by atoms with E-state index < -0.39 is 0 Å². The first-order valence-electron chi connectivity index (χ1n) is 8.80. The molecule has 1 unspecified atom stereocenters. The summed E-state index contributed by atoms with van der Waals surface area (Å²) in [5, 5.41) is 8.19. The molecule has 1 aromatic carbocycles. The van der Waals surface area contributed by atoms with Gasteiger partial charge in [0.1, 0.15) is 0 Å². The Bertz CT molecular complexity index is 907. The van der Waals surface area contributed by atoms with E-state index in [0.717, 1.165) is 11.3 Å². The first-order chi connectivity index (χ1) is 12.7. The van der Waals surface area contributed by atoms with Crippen molar-refractivity contribution in [2.45, 2.75) is 33.4 Å². The van der Waals surface area contributed by atoms with Gasteiger partial charge < -0.3 is 9.88 Å². The molecule has 3 aromatic rings. The number of halogens is 1. The minimum Gasteiger partial charge on any atom is -0.346 e. The molecule has 27 heavy (non-hydrogen) atoms. The number of carbonyl (C=O) groups is 1. The van der Waals surface area contributed by atoms with Crippen LogP contribution in [0.3, 0.4) is 0 Å². The maximum absolute atomic E-state index is 12.8. The first-order valence-corrected chi connectivity index (χ1v) is 9.18. The first kappa shape index (κ1) is 19.2. The lowest BCUT2D eigenvalue weighted by Crippen LogP contribution is -2.46. The van der Waals surface area contributed by atoms with E-state index in [2.05, 4.69) is 36.2 Å². The van der Waals surface area contributed by atoms with Gasteiger partial charge >= 0.3 is 0 Å². The number of hydrogen-bond acceptors (Lipinski definition) is 3. The molecule has 7 heteroatoms. The van der Waals surface area contributed by atoms with Crippen LogP contribution in [0.25, 0.3) is 11.3 Å². The molecule has 6 nitrogen and oxygen atoms in total. The van der Waals surface area contributed by atoms with Crippen molar-refractivity contribution in [3.63, 3.8) is 0 Å². The van der Waals surface area contributed by atoms with Gasteiger partial charge in [-0.05, 0) is 29.2 Å². The molecule has 0 saturated carbocycles. The van der Waals surface area contributed by atoms with Gasteiger partial charge in [0.05, 0.1) is 18.1 Å². The topological polar surface area (TPSA) is 64.7 Å². The lowest BCUT2D eigenvalue weighted by Gasteiger charge is -2.31. The highest BCUT2D eigenvalue weighted by molar-refractivity contribution is 6.30. The predicted molar refractivity (Wildman–Crippen MR) is 107 cm³/mol. The van der Waals surface area contributed by atoms with E-state index >= 15 is 0 Å². The summed E-state index contributed by atoms with van der Waals surface area (Å²) in [6, 6.07) is 9.21. The van der Waals surface area contributed by atoms with Gasteiger partial charge in [-0.25, -0.2) is 4.98 Å². The molecule has 0 aliphatic heterocycles. The van der Waals surface area contributed by atoms with E-state index in [4.69, 9.17) is 11.6 Å². The van der Waals surface area contributed by atoms with Crippen LogP contribution >= 0.6 is 11.6 Å². The standard InChI is InChI=1S/C20H24ClN5O/c1-20(2,3)18(12-26-10-9-22-13-26)23-19(27)16-11-17(25(4)24-16)14-5-7-15(21)8-6-14/h5-11,13,18H,12H2,1-4H3,(H,23,27). The number of nitrogens with zero attached hydrogens (tertiary/aromatic N) is 4. The number of carbonyl (C=O) groups excluding carboxylic acids is 1. The second kappa shape index (κ2) is 7.56. The third-order valence-corrected chi connectivity index (χ3v) is 4.81. The monoisotopic (exact) mass is 385 g/mol. The maximum atomic E-state index is 12.8. The van der Waals surface area contributed by atoms with Crippen LogP contribution in [0.5, 0.6) is 0 Å². The Morgan fingerprint density at radius 1 is 1.26 bits per heavy atom. The molecule has 2 heterocycles. The summed E-state index contributed by atoms with van der Waals surface area (Å²) in [6.07, 6.45) is 5.38. The number of nitrogens with one attached hydrogen (secondary N) is 1. The van der Waals surface area contributed by atoms with E-state index in [-0.39, 0.29) is 17.4 Å². The summed E-state index contributed by atoms with van der Waals surface area (Å²) in [7, 11) is 1.83. The zero-order valence-corrected chi connectivity index (χ0v) is 16.7. The molecule has 0 radical (unpaired) electrons. The van der Waals surface area contributed by atoms with Gasteiger partial charge in [0.2, 0.25) is 0 Å². The number of benzene rings is 1. The highest BCUT2D eigenvalue weighted by Crippen LogP contribution is 2.24. The smallest absolute Gasteiger partial charge is 0.272 e. The van der Waals surface area contributed by atoms with Crippen molar-refractivity contribution in [1.29, 1.82) is 0 Å². The Hall–Kier alpha value is -2.60. The Morgan fingerprint density at radius 3 is 2.56 bits per heavy atom. The highest BCUT2D eigenvalue weighted by atomic mass is 35.5. The lowest BCUT2D eigenvalue weighted by atomic mass is 9.86. The van der Waals surface area contributed by atoms with Crippen molar-refractivity contribution in [2.75, 3.05) is 0 Å². The fourth-order valence-corrected chi connectivity index (χ4v) is 2.97. The normalized spacial score (nSPS) is 12.8. The second-order valence-electron chi connectivity index (χ2n) is 7.70. The summed E-state index contributed by atoms with van der Waals surface area (Å²) in [5.41, 5.74) is 2.09. The zero-order valence-electron chi connectivity index (χ0n) is 16.0. The molecule has 1 N–H and O–H groups in total. The van der Waals surface area contributed by atoms with E-state index in [1.165, 1.54) is 0 Å². The predicted octanol–water partition coefficient (Wildman–Crippen LogP) is 3.78. The van der Waals surface area contributed by atoms with Crippen molar-refractivity contribution >= 4 is 17.5 Å². The van der Waals surface area contributed by atoms with E-state index in [1.54, 1.807) is 23.3 Å². The molecule has 1 amide bonds. The Labute approximate surface area is 164 Å². The Kier molecular flexibility index (Phi) is 5.37. The minimum absolute atomic E-state index is 0.0693. The summed E-state index contributed by atoms with van der Waals surface area (Å²) < 4.78 is 3.67. The summed E-state index contributed by atoms with van der Waals surface area (Å²) >= 11 is 5.96.